The normalized spacial score (nSPS) is 15.9. The first kappa shape index (κ1) is 23.9. The highest BCUT2D eigenvalue weighted by molar-refractivity contribution is 7.80. The Morgan fingerprint density at radius 2 is 1.64 bits per heavy atom. The minimum Gasteiger partial charge on any atom is -0.351 e. The third kappa shape index (κ3) is 4.69. The molecule has 5 rings (SSSR count). The molecule has 0 amide bonds. The van der Waals surface area contributed by atoms with Crippen molar-refractivity contribution in [3.05, 3.63) is 112 Å². The lowest BCUT2D eigenvalue weighted by molar-refractivity contribution is 0.396. The molecular weight excluding hydrogens is 464 g/mol. The molecule has 0 radical (unpaired) electrons. The zero-order valence-electron chi connectivity index (χ0n) is 21.3. The van der Waals surface area contributed by atoms with Gasteiger partial charge in [0.05, 0.1) is 11.6 Å². The first-order chi connectivity index (χ1) is 17.3. The predicted molar refractivity (Wildman–Crippen MR) is 148 cm³/mol. The van der Waals surface area contributed by atoms with E-state index in [1.165, 1.54) is 22.3 Å². The number of hydrogen-bond acceptors (Lipinski definition) is 4. The van der Waals surface area contributed by atoms with Crippen molar-refractivity contribution in [2.24, 2.45) is 0 Å². The third-order valence-corrected chi connectivity index (χ3v) is 7.15. The topological polar surface area (TPSA) is 54.2 Å². The molecular formula is C30H30N4OS. The molecule has 0 saturated carbocycles. The van der Waals surface area contributed by atoms with E-state index in [4.69, 9.17) is 21.7 Å². The van der Waals surface area contributed by atoms with Gasteiger partial charge in [-0.1, -0.05) is 76.9 Å². The molecule has 1 aliphatic rings. The zero-order valence-corrected chi connectivity index (χ0v) is 22.1. The van der Waals surface area contributed by atoms with Crippen LogP contribution in [0, 0.1) is 27.7 Å². The van der Waals surface area contributed by atoms with Gasteiger partial charge in [-0.05, 0) is 75.2 Å². The van der Waals surface area contributed by atoms with Gasteiger partial charge in [0.25, 0.3) is 5.89 Å². The Labute approximate surface area is 217 Å². The van der Waals surface area contributed by atoms with Crippen molar-refractivity contribution in [2.45, 2.75) is 47.2 Å². The molecule has 1 N–H and O–H groups in total. The predicted octanol–water partition coefficient (Wildman–Crippen LogP) is 6.83. The van der Waals surface area contributed by atoms with E-state index in [0.29, 0.717) is 23.4 Å². The van der Waals surface area contributed by atoms with Crippen molar-refractivity contribution in [3.8, 4) is 11.4 Å². The van der Waals surface area contributed by atoms with Crippen LogP contribution < -0.4 is 5.32 Å². The fourth-order valence-corrected chi connectivity index (χ4v) is 4.99. The Hall–Kier alpha value is -3.77. The van der Waals surface area contributed by atoms with E-state index in [1.54, 1.807) is 0 Å². The van der Waals surface area contributed by atoms with Gasteiger partial charge in [-0.15, -0.1) is 0 Å². The quantitative estimate of drug-likeness (QED) is 0.307. The maximum atomic E-state index is 5.90. The van der Waals surface area contributed by atoms with Crippen LogP contribution in [-0.2, 0) is 6.54 Å². The highest BCUT2D eigenvalue weighted by Gasteiger charge is 2.34. The lowest BCUT2D eigenvalue weighted by Gasteiger charge is -2.37. The summed E-state index contributed by atoms with van der Waals surface area (Å²) >= 11 is 5.88. The molecule has 0 bridgehead atoms. The highest BCUT2D eigenvalue weighted by atomic mass is 32.1. The third-order valence-electron chi connectivity index (χ3n) is 6.82. The van der Waals surface area contributed by atoms with Gasteiger partial charge in [0.2, 0.25) is 5.82 Å². The molecule has 2 heterocycles. The molecule has 4 aromatic rings. The van der Waals surface area contributed by atoms with Gasteiger partial charge in [-0.25, -0.2) is 0 Å². The summed E-state index contributed by atoms with van der Waals surface area (Å²) in [4.78, 5) is 6.97. The van der Waals surface area contributed by atoms with E-state index in [0.717, 1.165) is 28.0 Å². The largest absolute Gasteiger partial charge is 0.351 e. The molecule has 6 heteroatoms. The van der Waals surface area contributed by atoms with Crippen LogP contribution in [0.2, 0.25) is 0 Å². The van der Waals surface area contributed by atoms with E-state index in [9.17, 15) is 0 Å². The standard InChI is InChI=1S/C30H30N4OS/c1-18-8-6-10-23(14-18)17-34-22(5)26(27(31-30(34)36)24-13-12-20(3)21(4)16-24)29-32-28(33-35-29)25-11-7-9-19(2)15-25/h6-16,27H,17H2,1-5H3,(H,31,36). The lowest BCUT2D eigenvalue weighted by atomic mass is 9.92. The van der Waals surface area contributed by atoms with Gasteiger partial charge in [0.1, 0.15) is 0 Å². The van der Waals surface area contributed by atoms with E-state index in [2.05, 4.69) is 105 Å². The smallest absolute Gasteiger partial charge is 0.258 e. The molecule has 5 nitrogen and oxygen atoms in total. The van der Waals surface area contributed by atoms with E-state index >= 15 is 0 Å². The SMILES string of the molecule is CC1=C(c2nc(-c3cccc(C)c3)no2)C(c2ccc(C)c(C)c2)NC(=S)N1Cc1cccc(C)c1. The van der Waals surface area contributed by atoms with Crippen LogP contribution in [0.5, 0.6) is 0 Å². The number of aryl methyl sites for hydroxylation is 4. The van der Waals surface area contributed by atoms with Crippen molar-refractivity contribution >= 4 is 22.9 Å². The Morgan fingerprint density at radius 1 is 0.889 bits per heavy atom. The number of hydrogen-bond donors (Lipinski definition) is 1. The van der Waals surface area contributed by atoms with Gasteiger partial charge in [-0.2, -0.15) is 4.98 Å². The van der Waals surface area contributed by atoms with Crippen LogP contribution in [0.25, 0.3) is 17.0 Å². The molecule has 1 atom stereocenters. The second kappa shape index (κ2) is 9.70. The van der Waals surface area contributed by atoms with Crippen LogP contribution in [-0.4, -0.2) is 20.2 Å². The van der Waals surface area contributed by atoms with Crippen LogP contribution in [0.1, 0.15) is 52.2 Å². The maximum Gasteiger partial charge on any atom is 0.258 e. The molecule has 1 unspecified atom stereocenters. The van der Waals surface area contributed by atoms with Crippen molar-refractivity contribution in [1.82, 2.24) is 20.4 Å². The van der Waals surface area contributed by atoms with Crippen molar-refractivity contribution in [3.63, 3.8) is 0 Å². The molecule has 1 aliphatic heterocycles. The number of rotatable bonds is 5. The highest BCUT2D eigenvalue weighted by Crippen LogP contribution is 2.38. The van der Waals surface area contributed by atoms with Gasteiger partial charge in [0.15, 0.2) is 5.11 Å². The van der Waals surface area contributed by atoms with Crippen molar-refractivity contribution in [1.29, 1.82) is 0 Å². The van der Waals surface area contributed by atoms with Crippen molar-refractivity contribution in [2.75, 3.05) is 0 Å². The number of benzene rings is 3. The first-order valence-corrected chi connectivity index (χ1v) is 12.5. The average Bonchev–Trinajstić information content (AvgIpc) is 3.33. The van der Waals surface area contributed by atoms with Gasteiger partial charge in [0, 0.05) is 17.8 Å². The molecule has 182 valence electrons. The monoisotopic (exact) mass is 494 g/mol. The second-order valence-corrected chi connectivity index (χ2v) is 9.98. The van der Waals surface area contributed by atoms with Crippen LogP contribution in [0.4, 0.5) is 0 Å². The summed E-state index contributed by atoms with van der Waals surface area (Å²) in [5.41, 5.74) is 10.0. The van der Waals surface area contributed by atoms with E-state index < -0.39 is 0 Å². The van der Waals surface area contributed by atoms with Gasteiger partial charge >= 0.3 is 0 Å². The number of nitrogens with zero attached hydrogens (tertiary/aromatic N) is 3. The van der Waals surface area contributed by atoms with Crippen LogP contribution in [0.15, 0.2) is 77.0 Å². The molecule has 0 fully saturated rings. The summed E-state index contributed by atoms with van der Waals surface area (Å²) in [6.07, 6.45) is 0. The molecule has 0 spiro atoms. The van der Waals surface area contributed by atoms with Gasteiger partial charge < -0.3 is 14.7 Å². The fraction of sp³-hybridized carbons (Fsp3) is 0.233. The summed E-state index contributed by atoms with van der Waals surface area (Å²) in [6, 6.07) is 22.9. The fourth-order valence-electron chi connectivity index (χ4n) is 4.67. The Bertz CT molecular complexity index is 1490. The minimum atomic E-state index is -0.198. The molecule has 0 saturated heterocycles. The Morgan fingerprint density at radius 3 is 2.36 bits per heavy atom. The summed E-state index contributed by atoms with van der Waals surface area (Å²) in [5, 5.41) is 8.59. The average molecular weight is 495 g/mol. The van der Waals surface area contributed by atoms with Crippen molar-refractivity contribution < 1.29 is 4.52 Å². The van der Waals surface area contributed by atoms with E-state index in [-0.39, 0.29) is 6.04 Å². The summed E-state index contributed by atoms with van der Waals surface area (Å²) in [6.45, 7) is 11.1. The summed E-state index contributed by atoms with van der Waals surface area (Å²) in [5.74, 6) is 1.07. The maximum absolute atomic E-state index is 5.90. The summed E-state index contributed by atoms with van der Waals surface area (Å²) in [7, 11) is 0. The summed E-state index contributed by atoms with van der Waals surface area (Å²) < 4.78 is 5.90. The van der Waals surface area contributed by atoms with Gasteiger partial charge in [-0.3, -0.25) is 0 Å². The number of allylic oxidation sites excluding steroid dienone is 1. The number of nitrogens with one attached hydrogen (secondary N) is 1. The lowest BCUT2D eigenvalue weighted by Crippen LogP contribution is -2.45. The number of aromatic nitrogens is 2. The second-order valence-electron chi connectivity index (χ2n) is 9.59. The zero-order chi connectivity index (χ0) is 25.4. The van der Waals surface area contributed by atoms with Crippen LogP contribution in [0.3, 0.4) is 0 Å². The van der Waals surface area contributed by atoms with Crippen LogP contribution >= 0.6 is 12.2 Å². The first-order valence-electron chi connectivity index (χ1n) is 12.1. The molecule has 3 aromatic carbocycles. The number of thiocarbonyl (C=S) groups is 1. The Kier molecular flexibility index (Phi) is 6.46. The molecule has 36 heavy (non-hydrogen) atoms. The Balaban J connectivity index is 1.62. The minimum absolute atomic E-state index is 0.198. The van der Waals surface area contributed by atoms with E-state index in [1.807, 2.05) is 12.1 Å². The molecule has 1 aromatic heterocycles. The molecule has 0 aliphatic carbocycles.